The van der Waals surface area contributed by atoms with Crippen molar-refractivity contribution in [1.29, 1.82) is 0 Å². The Bertz CT molecular complexity index is 437. The highest BCUT2D eigenvalue weighted by molar-refractivity contribution is 5.36. The van der Waals surface area contributed by atoms with Gasteiger partial charge in [0.2, 0.25) is 0 Å². The van der Waals surface area contributed by atoms with Gasteiger partial charge in [0.15, 0.2) is 0 Å². The maximum Gasteiger partial charge on any atom is 0.119 e. The summed E-state index contributed by atoms with van der Waals surface area (Å²) in [6.45, 7) is 0.878. The molecule has 20 heavy (non-hydrogen) atoms. The fourth-order valence-corrected chi connectivity index (χ4v) is 3.13. The molecular weight excluding hydrogens is 250 g/mol. The third-order valence-electron chi connectivity index (χ3n) is 4.20. The summed E-state index contributed by atoms with van der Waals surface area (Å²) < 4.78 is 5.33. The molecule has 0 unspecified atom stereocenters. The highest BCUT2D eigenvalue weighted by Gasteiger charge is 2.30. The first kappa shape index (κ1) is 15.3. The molecule has 1 saturated carbocycles. The lowest BCUT2D eigenvalue weighted by Crippen LogP contribution is -2.34. The molecule has 0 atom stereocenters. The monoisotopic (exact) mass is 277 g/mol. The molecule has 112 valence electrons. The Morgan fingerprint density at radius 2 is 1.85 bits per heavy atom. The molecular formula is C17H27NO2. The minimum Gasteiger partial charge on any atom is -0.497 e. The van der Waals surface area contributed by atoms with Crippen molar-refractivity contribution in [2.24, 2.45) is 0 Å². The number of hydrogen-bond donors (Lipinski definition) is 1. The number of nitrogens with zero attached hydrogens (tertiary/aromatic N) is 1. The van der Waals surface area contributed by atoms with E-state index in [1.165, 1.54) is 17.5 Å². The molecule has 1 N–H and O–H groups in total. The van der Waals surface area contributed by atoms with Crippen LogP contribution in [0.15, 0.2) is 18.2 Å². The second kappa shape index (κ2) is 6.59. The van der Waals surface area contributed by atoms with Crippen molar-refractivity contribution in [3.05, 3.63) is 29.3 Å². The average Bonchev–Trinajstić information content (AvgIpc) is 2.40. The maximum absolute atomic E-state index is 10.8. The summed E-state index contributed by atoms with van der Waals surface area (Å²) in [6.07, 6.45) is 6.18. The van der Waals surface area contributed by atoms with Crippen LogP contribution in [0.2, 0.25) is 0 Å². The molecule has 1 aliphatic carbocycles. The van der Waals surface area contributed by atoms with Crippen LogP contribution in [0.3, 0.4) is 0 Å². The molecule has 0 saturated heterocycles. The molecule has 0 amide bonds. The second-order valence-corrected chi connectivity index (χ2v) is 6.33. The predicted molar refractivity (Wildman–Crippen MR) is 82.1 cm³/mol. The number of methoxy groups -OCH3 is 1. The van der Waals surface area contributed by atoms with Crippen LogP contribution < -0.4 is 4.74 Å². The van der Waals surface area contributed by atoms with E-state index in [-0.39, 0.29) is 0 Å². The van der Waals surface area contributed by atoms with Gasteiger partial charge in [0, 0.05) is 13.0 Å². The third kappa shape index (κ3) is 3.97. The molecule has 1 aromatic rings. The number of hydrogen-bond acceptors (Lipinski definition) is 3. The highest BCUT2D eigenvalue weighted by atomic mass is 16.5. The number of aliphatic hydroxyl groups is 1. The first-order valence-corrected chi connectivity index (χ1v) is 7.55. The van der Waals surface area contributed by atoms with E-state index < -0.39 is 5.60 Å². The Hall–Kier alpha value is -1.06. The average molecular weight is 277 g/mol. The largest absolute Gasteiger partial charge is 0.497 e. The van der Waals surface area contributed by atoms with Crippen LogP contribution in [0.5, 0.6) is 5.75 Å². The minimum absolute atomic E-state index is 0.506. The Kier molecular flexibility index (Phi) is 5.06. The summed E-state index contributed by atoms with van der Waals surface area (Å²) in [4.78, 5) is 2.16. The van der Waals surface area contributed by atoms with E-state index in [4.69, 9.17) is 4.74 Å². The predicted octanol–water partition coefficient (Wildman–Crippen LogP) is 2.99. The molecule has 0 heterocycles. The first-order chi connectivity index (χ1) is 9.52. The van der Waals surface area contributed by atoms with Gasteiger partial charge in [-0.1, -0.05) is 25.3 Å². The number of rotatable bonds is 5. The van der Waals surface area contributed by atoms with E-state index >= 15 is 0 Å². The molecule has 3 nitrogen and oxygen atoms in total. The lowest BCUT2D eigenvalue weighted by molar-refractivity contribution is 0.00422. The van der Waals surface area contributed by atoms with Crippen LogP contribution in [0.4, 0.5) is 0 Å². The highest BCUT2D eigenvalue weighted by Crippen LogP contribution is 2.33. The third-order valence-corrected chi connectivity index (χ3v) is 4.20. The van der Waals surface area contributed by atoms with Gasteiger partial charge in [-0.05, 0) is 50.2 Å². The molecule has 0 spiro atoms. The molecule has 3 heteroatoms. The summed E-state index contributed by atoms with van der Waals surface area (Å²) in [5, 5.41) is 10.8. The van der Waals surface area contributed by atoms with Gasteiger partial charge >= 0.3 is 0 Å². The van der Waals surface area contributed by atoms with Gasteiger partial charge in [0.25, 0.3) is 0 Å². The van der Waals surface area contributed by atoms with Crippen molar-refractivity contribution in [1.82, 2.24) is 4.90 Å². The SMILES string of the molecule is COc1ccc(CC2(O)CCCCC2)c(CN(C)C)c1. The van der Waals surface area contributed by atoms with Crippen molar-refractivity contribution >= 4 is 0 Å². The van der Waals surface area contributed by atoms with Crippen LogP contribution in [0.1, 0.15) is 43.2 Å². The van der Waals surface area contributed by atoms with Crippen LogP contribution in [-0.4, -0.2) is 36.8 Å². The van der Waals surface area contributed by atoms with Crippen molar-refractivity contribution in [3.8, 4) is 5.75 Å². The van der Waals surface area contributed by atoms with Gasteiger partial charge in [-0.3, -0.25) is 0 Å². The fourth-order valence-electron chi connectivity index (χ4n) is 3.13. The molecule has 1 aliphatic rings. The normalized spacial score (nSPS) is 18.2. The lowest BCUT2D eigenvalue weighted by atomic mass is 9.79. The maximum atomic E-state index is 10.8. The second-order valence-electron chi connectivity index (χ2n) is 6.33. The minimum atomic E-state index is -0.506. The summed E-state index contributed by atoms with van der Waals surface area (Å²) in [7, 11) is 5.83. The zero-order valence-corrected chi connectivity index (χ0v) is 13.0. The van der Waals surface area contributed by atoms with Gasteiger partial charge in [-0.15, -0.1) is 0 Å². The van der Waals surface area contributed by atoms with Gasteiger partial charge < -0.3 is 14.7 Å². The van der Waals surface area contributed by atoms with E-state index in [2.05, 4.69) is 31.1 Å². The molecule has 1 fully saturated rings. The van der Waals surface area contributed by atoms with Crippen LogP contribution in [0.25, 0.3) is 0 Å². The van der Waals surface area contributed by atoms with E-state index in [0.29, 0.717) is 0 Å². The lowest BCUT2D eigenvalue weighted by Gasteiger charge is -2.33. The van der Waals surface area contributed by atoms with Gasteiger partial charge in [-0.25, -0.2) is 0 Å². The van der Waals surface area contributed by atoms with Crippen LogP contribution >= 0.6 is 0 Å². The van der Waals surface area contributed by atoms with Crippen molar-refractivity contribution in [3.63, 3.8) is 0 Å². The fraction of sp³-hybridized carbons (Fsp3) is 0.647. The van der Waals surface area contributed by atoms with Crippen molar-refractivity contribution < 1.29 is 9.84 Å². The first-order valence-electron chi connectivity index (χ1n) is 7.55. The molecule has 0 bridgehead atoms. The quantitative estimate of drug-likeness (QED) is 0.898. The molecule has 2 rings (SSSR count). The zero-order chi connectivity index (χ0) is 14.6. The van der Waals surface area contributed by atoms with E-state index in [9.17, 15) is 5.11 Å². The summed E-state index contributed by atoms with van der Waals surface area (Å²) >= 11 is 0. The van der Waals surface area contributed by atoms with Gasteiger partial charge in [0.1, 0.15) is 5.75 Å². The Morgan fingerprint density at radius 1 is 1.15 bits per heavy atom. The van der Waals surface area contributed by atoms with E-state index in [1.54, 1.807) is 7.11 Å². The standard InChI is InChI=1S/C17H27NO2/c1-18(2)13-15-11-16(20-3)8-7-14(15)12-17(19)9-5-4-6-10-17/h7-8,11,19H,4-6,9-10,12-13H2,1-3H3. The molecule has 0 aliphatic heterocycles. The van der Waals surface area contributed by atoms with Gasteiger partial charge in [0.05, 0.1) is 12.7 Å². The Labute approximate surface area is 122 Å². The number of ether oxygens (including phenoxy) is 1. The van der Waals surface area contributed by atoms with E-state index in [0.717, 1.165) is 44.4 Å². The van der Waals surface area contributed by atoms with E-state index in [1.807, 2.05) is 6.07 Å². The van der Waals surface area contributed by atoms with Crippen molar-refractivity contribution in [2.45, 2.75) is 50.7 Å². The number of benzene rings is 1. The van der Waals surface area contributed by atoms with Crippen LogP contribution in [-0.2, 0) is 13.0 Å². The van der Waals surface area contributed by atoms with Gasteiger partial charge in [-0.2, -0.15) is 0 Å². The summed E-state index contributed by atoms with van der Waals surface area (Å²) in [5.74, 6) is 0.890. The Balaban J connectivity index is 2.20. The smallest absolute Gasteiger partial charge is 0.119 e. The summed E-state index contributed by atoms with van der Waals surface area (Å²) in [6, 6.07) is 6.21. The van der Waals surface area contributed by atoms with Crippen molar-refractivity contribution in [2.75, 3.05) is 21.2 Å². The van der Waals surface area contributed by atoms with Crippen LogP contribution in [0, 0.1) is 0 Å². The molecule has 1 aromatic carbocycles. The molecule has 0 radical (unpaired) electrons. The molecule has 0 aromatic heterocycles. The topological polar surface area (TPSA) is 32.7 Å². The Morgan fingerprint density at radius 3 is 2.45 bits per heavy atom. The summed E-state index contributed by atoms with van der Waals surface area (Å²) in [5.41, 5.74) is 2.01. The zero-order valence-electron chi connectivity index (χ0n) is 13.0.